The summed E-state index contributed by atoms with van der Waals surface area (Å²) in [6.45, 7) is 0.478. The molecule has 0 aromatic heterocycles. The van der Waals surface area contributed by atoms with Gasteiger partial charge >= 0.3 is 0 Å². The lowest BCUT2D eigenvalue weighted by Crippen LogP contribution is -2.19. The van der Waals surface area contributed by atoms with Crippen LogP contribution in [0, 0.1) is 10.1 Å². The third-order valence-corrected chi connectivity index (χ3v) is 5.92. The van der Waals surface area contributed by atoms with E-state index in [0.29, 0.717) is 17.3 Å². The number of nitro groups is 1. The van der Waals surface area contributed by atoms with Crippen LogP contribution in [-0.4, -0.2) is 32.7 Å². The average Bonchev–Trinajstić information content (AvgIpc) is 2.60. The van der Waals surface area contributed by atoms with Gasteiger partial charge in [0.25, 0.3) is 5.69 Å². The minimum absolute atomic E-state index is 0.150. The Morgan fingerprint density at radius 1 is 1.20 bits per heavy atom. The first kappa shape index (κ1) is 19.5. The zero-order valence-electron chi connectivity index (χ0n) is 13.2. The van der Waals surface area contributed by atoms with E-state index in [1.54, 1.807) is 23.9 Å². The van der Waals surface area contributed by atoms with E-state index in [-0.39, 0.29) is 16.3 Å². The van der Waals surface area contributed by atoms with Crippen LogP contribution in [-0.2, 0) is 10.0 Å². The molecule has 0 heterocycles. The summed E-state index contributed by atoms with van der Waals surface area (Å²) in [7, 11) is -2.48. The molecule has 2 aromatic rings. The molecule has 0 fully saturated rings. The third kappa shape index (κ3) is 5.33. The van der Waals surface area contributed by atoms with E-state index in [1.807, 2.05) is 12.1 Å². The Balaban J connectivity index is 2.03. The molecule has 2 aromatic carbocycles. The fraction of sp³-hybridized carbons (Fsp3) is 0.200. The van der Waals surface area contributed by atoms with Crippen LogP contribution in [0.4, 0.5) is 11.4 Å². The first-order valence-electron chi connectivity index (χ1n) is 7.18. The van der Waals surface area contributed by atoms with Gasteiger partial charge in [-0.05, 0) is 43.4 Å². The van der Waals surface area contributed by atoms with E-state index in [0.717, 1.165) is 11.0 Å². The molecule has 0 aliphatic carbocycles. The molecule has 0 aliphatic heterocycles. The smallest absolute Gasteiger partial charge is 0.293 e. The van der Waals surface area contributed by atoms with Gasteiger partial charge in [-0.2, -0.15) is 0 Å². The largest absolute Gasteiger partial charge is 0.379 e. The van der Waals surface area contributed by atoms with Gasteiger partial charge in [0.05, 0.1) is 9.82 Å². The van der Waals surface area contributed by atoms with Gasteiger partial charge in [-0.15, -0.1) is 11.8 Å². The van der Waals surface area contributed by atoms with Crippen molar-refractivity contribution in [2.24, 2.45) is 0 Å². The van der Waals surface area contributed by atoms with Crippen molar-refractivity contribution in [3.8, 4) is 0 Å². The van der Waals surface area contributed by atoms with Gasteiger partial charge in [0.15, 0.2) is 0 Å². The molecule has 0 bridgehead atoms. The van der Waals surface area contributed by atoms with Crippen LogP contribution < -0.4 is 10.0 Å². The predicted octanol–water partition coefficient (Wildman–Crippen LogP) is 3.36. The number of hydrogen-bond donors (Lipinski definition) is 2. The van der Waals surface area contributed by atoms with Gasteiger partial charge in [-0.1, -0.05) is 11.6 Å². The number of benzene rings is 2. The highest BCUT2D eigenvalue weighted by atomic mass is 35.5. The number of rotatable bonds is 8. The summed E-state index contributed by atoms with van der Waals surface area (Å²) in [6.07, 6.45) is 0. The maximum Gasteiger partial charge on any atom is 0.293 e. The molecule has 0 amide bonds. The van der Waals surface area contributed by atoms with Crippen molar-refractivity contribution >= 4 is 44.8 Å². The Kier molecular flexibility index (Phi) is 6.65. The summed E-state index contributed by atoms with van der Waals surface area (Å²) in [4.78, 5) is 11.5. The van der Waals surface area contributed by atoms with Gasteiger partial charge in [-0.3, -0.25) is 10.1 Å². The Morgan fingerprint density at radius 2 is 1.88 bits per heavy atom. The molecule has 0 spiro atoms. The van der Waals surface area contributed by atoms with E-state index in [2.05, 4.69) is 10.0 Å². The van der Waals surface area contributed by atoms with E-state index >= 15 is 0 Å². The topological polar surface area (TPSA) is 101 Å². The lowest BCUT2D eigenvalue weighted by Gasteiger charge is -2.09. The molecule has 2 rings (SSSR count). The number of nitrogens with one attached hydrogen (secondary N) is 2. The molecule has 0 aliphatic rings. The summed E-state index contributed by atoms with van der Waals surface area (Å²) in [5.41, 5.74) is -0.00965. The first-order valence-corrected chi connectivity index (χ1v) is 10.0. The molecule has 7 nitrogen and oxygen atoms in total. The quantitative estimate of drug-likeness (QED) is 0.304. The van der Waals surface area contributed by atoms with Crippen molar-refractivity contribution in [3.63, 3.8) is 0 Å². The lowest BCUT2D eigenvalue weighted by atomic mass is 10.2. The Labute approximate surface area is 155 Å². The molecule has 10 heteroatoms. The fourth-order valence-corrected chi connectivity index (χ4v) is 3.63. The molecule has 134 valence electrons. The minimum Gasteiger partial charge on any atom is -0.379 e. The van der Waals surface area contributed by atoms with Crippen molar-refractivity contribution in [1.29, 1.82) is 0 Å². The second-order valence-corrected chi connectivity index (χ2v) is 8.36. The minimum atomic E-state index is -3.73. The number of sulfonamides is 1. The highest BCUT2D eigenvalue weighted by Gasteiger charge is 2.20. The molecule has 0 saturated carbocycles. The van der Waals surface area contributed by atoms with Crippen molar-refractivity contribution in [2.45, 2.75) is 9.79 Å². The maximum atomic E-state index is 11.8. The van der Waals surface area contributed by atoms with Crippen LogP contribution in [0.5, 0.6) is 0 Å². The van der Waals surface area contributed by atoms with E-state index in [1.165, 1.54) is 19.2 Å². The van der Waals surface area contributed by atoms with Gasteiger partial charge in [0.2, 0.25) is 10.0 Å². The van der Waals surface area contributed by atoms with Crippen molar-refractivity contribution < 1.29 is 13.3 Å². The van der Waals surface area contributed by atoms with Crippen LogP contribution in [0.1, 0.15) is 0 Å². The molecule has 0 atom stereocenters. The average molecular weight is 402 g/mol. The number of halogens is 1. The molecule has 2 N–H and O–H groups in total. The fourth-order valence-electron chi connectivity index (χ4n) is 1.98. The molecular weight excluding hydrogens is 386 g/mol. The van der Waals surface area contributed by atoms with Gasteiger partial charge in [0.1, 0.15) is 5.69 Å². The van der Waals surface area contributed by atoms with Crippen molar-refractivity contribution in [2.75, 3.05) is 24.7 Å². The van der Waals surface area contributed by atoms with Crippen LogP contribution >= 0.6 is 23.4 Å². The Hall–Kier alpha value is -1.81. The van der Waals surface area contributed by atoms with Crippen LogP contribution in [0.15, 0.2) is 52.3 Å². The summed E-state index contributed by atoms with van der Waals surface area (Å²) in [5.74, 6) is 0.676. The van der Waals surface area contributed by atoms with Crippen molar-refractivity contribution in [3.05, 3.63) is 57.6 Å². The van der Waals surface area contributed by atoms with E-state index in [9.17, 15) is 18.5 Å². The molecule has 0 radical (unpaired) electrons. The van der Waals surface area contributed by atoms with Gasteiger partial charge in [0, 0.05) is 28.3 Å². The zero-order chi connectivity index (χ0) is 18.4. The van der Waals surface area contributed by atoms with Crippen LogP contribution in [0.3, 0.4) is 0 Å². The van der Waals surface area contributed by atoms with Gasteiger partial charge < -0.3 is 5.32 Å². The van der Waals surface area contributed by atoms with E-state index < -0.39 is 14.9 Å². The summed E-state index contributed by atoms with van der Waals surface area (Å²) < 4.78 is 25.7. The summed E-state index contributed by atoms with van der Waals surface area (Å²) in [5, 5.41) is 14.8. The molecular formula is C15H16ClN3O4S2. The summed E-state index contributed by atoms with van der Waals surface area (Å²) in [6, 6.07) is 11.1. The normalized spacial score (nSPS) is 11.3. The summed E-state index contributed by atoms with van der Waals surface area (Å²) >= 11 is 7.40. The number of hydrogen-bond acceptors (Lipinski definition) is 6. The molecule has 25 heavy (non-hydrogen) atoms. The molecule has 0 saturated heterocycles. The van der Waals surface area contributed by atoms with Crippen LogP contribution in [0.2, 0.25) is 5.02 Å². The van der Waals surface area contributed by atoms with Crippen molar-refractivity contribution in [1.82, 2.24) is 4.72 Å². The Morgan fingerprint density at radius 3 is 2.48 bits per heavy atom. The highest BCUT2D eigenvalue weighted by molar-refractivity contribution is 7.99. The predicted molar refractivity (Wildman–Crippen MR) is 100 cm³/mol. The number of nitro benzene ring substituents is 1. The Bertz CT molecular complexity index is 858. The SMILES string of the molecule is CNS(=O)(=O)c1ccc(NCCSc2ccc(Cl)cc2)c([N+](=O)[O-])c1. The van der Waals surface area contributed by atoms with Gasteiger partial charge in [-0.25, -0.2) is 13.1 Å². The highest BCUT2D eigenvalue weighted by Crippen LogP contribution is 2.28. The number of thioether (sulfide) groups is 1. The standard InChI is InChI=1S/C15H16ClN3O4S2/c1-17-25(22,23)13-6-7-14(15(10-13)19(20)21)18-8-9-24-12-4-2-11(16)3-5-12/h2-7,10,17-18H,8-9H2,1H3. The monoisotopic (exact) mass is 401 g/mol. The maximum absolute atomic E-state index is 11.8. The third-order valence-electron chi connectivity index (χ3n) is 3.24. The molecule has 0 unspecified atom stereocenters. The second-order valence-electron chi connectivity index (χ2n) is 4.87. The number of nitrogens with zero attached hydrogens (tertiary/aromatic N) is 1. The number of anilines is 1. The first-order chi connectivity index (χ1) is 11.8. The second kappa shape index (κ2) is 8.52. The van der Waals surface area contributed by atoms with E-state index in [4.69, 9.17) is 11.6 Å². The lowest BCUT2D eigenvalue weighted by molar-refractivity contribution is -0.384. The zero-order valence-corrected chi connectivity index (χ0v) is 15.6. The van der Waals surface area contributed by atoms with Crippen LogP contribution in [0.25, 0.3) is 0 Å².